The van der Waals surface area contributed by atoms with Crippen molar-refractivity contribution in [2.24, 2.45) is 5.73 Å². The molecule has 0 unspecified atom stereocenters. The zero-order valence-electron chi connectivity index (χ0n) is 11.8. The summed E-state index contributed by atoms with van der Waals surface area (Å²) in [7, 11) is 0. The van der Waals surface area contributed by atoms with Crippen molar-refractivity contribution < 1.29 is 9.53 Å². The smallest absolute Gasteiger partial charge is 0.260 e. The summed E-state index contributed by atoms with van der Waals surface area (Å²) in [5.74, 6) is 0.780. The minimum atomic E-state index is 0.0741. The van der Waals surface area contributed by atoms with Crippen LogP contribution in [-0.2, 0) is 4.79 Å². The average molecular weight is 277 g/mol. The van der Waals surface area contributed by atoms with Gasteiger partial charge in [-0.3, -0.25) is 4.79 Å². The number of likely N-dealkylation sites (tertiary alicyclic amines) is 1. The molecule has 0 radical (unpaired) electrons. The van der Waals surface area contributed by atoms with E-state index in [1.807, 2.05) is 29.2 Å². The standard InChI is InChI=1S/C15H23N3O2/c16-7-8-17-13-5-4-6-14(11-13)20-12-15(19)18-9-2-1-3-10-18/h4-6,11,17H,1-3,7-10,12,16H2. The van der Waals surface area contributed by atoms with Crippen LogP contribution in [0.1, 0.15) is 19.3 Å². The molecule has 0 spiro atoms. The van der Waals surface area contributed by atoms with Gasteiger partial charge in [-0.15, -0.1) is 0 Å². The Morgan fingerprint density at radius 1 is 1.30 bits per heavy atom. The molecule has 1 aromatic rings. The molecule has 20 heavy (non-hydrogen) atoms. The Balaban J connectivity index is 1.82. The highest BCUT2D eigenvalue weighted by atomic mass is 16.5. The molecule has 0 saturated carbocycles. The van der Waals surface area contributed by atoms with Crippen molar-refractivity contribution in [1.82, 2.24) is 4.90 Å². The van der Waals surface area contributed by atoms with Gasteiger partial charge in [-0.1, -0.05) is 6.07 Å². The summed E-state index contributed by atoms with van der Waals surface area (Å²) in [6, 6.07) is 7.60. The third kappa shape index (κ3) is 4.42. The number of rotatable bonds is 6. The maximum Gasteiger partial charge on any atom is 0.260 e. The third-order valence-corrected chi connectivity index (χ3v) is 3.38. The number of anilines is 1. The van der Waals surface area contributed by atoms with Crippen LogP contribution in [0.3, 0.4) is 0 Å². The zero-order valence-corrected chi connectivity index (χ0v) is 11.8. The van der Waals surface area contributed by atoms with Crippen LogP contribution in [0.4, 0.5) is 5.69 Å². The van der Waals surface area contributed by atoms with Crippen LogP contribution < -0.4 is 15.8 Å². The lowest BCUT2D eigenvalue weighted by atomic mass is 10.1. The predicted molar refractivity (Wildman–Crippen MR) is 79.9 cm³/mol. The van der Waals surface area contributed by atoms with Gasteiger partial charge in [-0.25, -0.2) is 0 Å². The van der Waals surface area contributed by atoms with E-state index in [4.69, 9.17) is 10.5 Å². The maximum atomic E-state index is 12.0. The van der Waals surface area contributed by atoms with Gasteiger partial charge in [0.1, 0.15) is 5.75 Å². The number of nitrogens with two attached hydrogens (primary N) is 1. The minimum absolute atomic E-state index is 0.0741. The normalized spacial score (nSPS) is 14.9. The molecule has 2 rings (SSSR count). The number of ether oxygens (including phenoxy) is 1. The number of nitrogens with zero attached hydrogens (tertiary/aromatic N) is 1. The molecule has 1 amide bonds. The number of nitrogens with one attached hydrogen (secondary N) is 1. The highest BCUT2D eigenvalue weighted by Gasteiger charge is 2.16. The van der Waals surface area contributed by atoms with Crippen molar-refractivity contribution in [2.45, 2.75) is 19.3 Å². The second kappa shape index (κ2) is 7.75. The van der Waals surface area contributed by atoms with E-state index in [-0.39, 0.29) is 12.5 Å². The highest BCUT2D eigenvalue weighted by molar-refractivity contribution is 5.77. The first-order valence-electron chi connectivity index (χ1n) is 7.24. The van der Waals surface area contributed by atoms with Crippen molar-refractivity contribution in [3.8, 4) is 5.75 Å². The van der Waals surface area contributed by atoms with Crippen LogP contribution in [0.5, 0.6) is 5.75 Å². The van der Waals surface area contributed by atoms with Gasteiger partial charge < -0.3 is 20.7 Å². The molecule has 1 aliphatic rings. The van der Waals surface area contributed by atoms with E-state index in [0.29, 0.717) is 12.3 Å². The first kappa shape index (κ1) is 14.7. The van der Waals surface area contributed by atoms with Crippen LogP contribution in [0, 0.1) is 0 Å². The van der Waals surface area contributed by atoms with E-state index >= 15 is 0 Å². The molecule has 0 bridgehead atoms. The van der Waals surface area contributed by atoms with Gasteiger partial charge in [0.25, 0.3) is 5.91 Å². The van der Waals surface area contributed by atoms with Gasteiger partial charge in [-0.05, 0) is 31.4 Å². The van der Waals surface area contributed by atoms with E-state index < -0.39 is 0 Å². The van der Waals surface area contributed by atoms with Crippen LogP contribution in [0.15, 0.2) is 24.3 Å². The lowest BCUT2D eigenvalue weighted by Gasteiger charge is -2.26. The van der Waals surface area contributed by atoms with E-state index in [9.17, 15) is 4.79 Å². The Kier molecular flexibility index (Phi) is 5.68. The first-order valence-corrected chi connectivity index (χ1v) is 7.24. The van der Waals surface area contributed by atoms with Gasteiger partial charge in [0.15, 0.2) is 6.61 Å². The number of amides is 1. The largest absolute Gasteiger partial charge is 0.484 e. The number of hydrogen-bond donors (Lipinski definition) is 2. The monoisotopic (exact) mass is 277 g/mol. The van der Waals surface area contributed by atoms with Crippen molar-refractivity contribution in [3.63, 3.8) is 0 Å². The van der Waals surface area contributed by atoms with Gasteiger partial charge in [0.05, 0.1) is 0 Å². The highest BCUT2D eigenvalue weighted by Crippen LogP contribution is 2.17. The Morgan fingerprint density at radius 2 is 2.10 bits per heavy atom. The molecule has 1 saturated heterocycles. The molecule has 5 heteroatoms. The van der Waals surface area contributed by atoms with Crippen LogP contribution in [0.2, 0.25) is 0 Å². The van der Waals surface area contributed by atoms with Crippen LogP contribution >= 0.6 is 0 Å². The van der Waals surface area contributed by atoms with E-state index in [1.165, 1.54) is 6.42 Å². The average Bonchev–Trinajstić information content (AvgIpc) is 2.52. The first-order chi connectivity index (χ1) is 9.79. The van der Waals surface area contributed by atoms with Gasteiger partial charge in [0, 0.05) is 37.9 Å². The minimum Gasteiger partial charge on any atom is -0.484 e. The second-order valence-corrected chi connectivity index (χ2v) is 4.97. The summed E-state index contributed by atoms with van der Waals surface area (Å²) < 4.78 is 5.58. The van der Waals surface area contributed by atoms with Crippen molar-refractivity contribution in [2.75, 3.05) is 38.1 Å². The molecule has 0 aliphatic carbocycles. The topological polar surface area (TPSA) is 67.6 Å². The molecule has 1 aliphatic heterocycles. The van der Waals surface area contributed by atoms with Crippen molar-refractivity contribution >= 4 is 11.6 Å². The fraction of sp³-hybridized carbons (Fsp3) is 0.533. The summed E-state index contributed by atoms with van der Waals surface area (Å²) in [4.78, 5) is 13.9. The fourth-order valence-electron chi connectivity index (χ4n) is 2.29. The van der Waals surface area contributed by atoms with E-state index in [1.54, 1.807) is 0 Å². The Bertz CT molecular complexity index is 431. The molecule has 0 atom stereocenters. The van der Waals surface area contributed by atoms with Crippen molar-refractivity contribution in [1.29, 1.82) is 0 Å². The molecular weight excluding hydrogens is 254 g/mol. The Labute approximate surface area is 120 Å². The van der Waals surface area contributed by atoms with Gasteiger partial charge >= 0.3 is 0 Å². The molecule has 0 aromatic heterocycles. The Hall–Kier alpha value is -1.75. The second-order valence-electron chi connectivity index (χ2n) is 4.97. The lowest BCUT2D eigenvalue weighted by Crippen LogP contribution is -2.38. The summed E-state index contributed by atoms with van der Waals surface area (Å²) in [5.41, 5.74) is 6.41. The SMILES string of the molecule is NCCNc1cccc(OCC(=O)N2CCCCC2)c1. The molecule has 5 nitrogen and oxygen atoms in total. The third-order valence-electron chi connectivity index (χ3n) is 3.38. The molecule has 110 valence electrons. The fourth-order valence-corrected chi connectivity index (χ4v) is 2.29. The summed E-state index contributed by atoms with van der Waals surface area (Å²) in [5, 5.41) is 3.19. The number of carbonyl (C=O) groups excluding carboxylic acids is 1. The predicted octanol–water partition coefficient (Wildman–Crippen LogP) is 1.45. The summed E-state index contributed by atoms with van der Waals surface area (Å²) in [6.07, 6.45) is 3.42. The Morgan fingerprint density at radius 3 is 2.85 bits per heavy atom. The van der Waals surface area contributed by atoms with Gasteiger partial charge in [0.2, 0.25) is 0 Å². The van der Waals surface area contributed by atoms with E-state index in [2.05, 4.69) is 5.32 Å². The van der Waals surface area contributed by atoms with Crippen LogP contribution in [0.25, 0.3) is 0 Å². The molecular formula is C15H23N3O2. The number of benzene rings is 1. The van der Waals surface area contributed by atoms with Crippen LogP contribution in [-0.4, -0.2) is 43.6 Å². The lowest BCUT2D eigenvalue weighted by molar-refractivity contribution is -0.134. The maximum absolute atomic E-state index is 12.0. The quantitative estimate of drug-likeness (QED) is 0.826. The number of hydrogen-bond acceptors (Lipinski definition) is 4. The van der Waals surface area contributed by atoms with Crippen molar-refractivity contribution in [3.05, 3.63) is 24.3 Å². The van der Waals surface area contributed by atoms with Gasteiger partial charge in [-0.2, -0.15) is 0 Å². The molecule has 1 fully saturated rings. The summed E-state index contributed by atoms with van der Waals surface area (Å²) >= 11 is 0. The van der Waals surface area contributed by atoms with E-state index in [0.717, 1.165) is 38.2 Å². The zero-order chi connectivity index (χ0) is 14.2. The number of carbonyl (C=O) groups is 1. The molecule has 3 N–H and O–H groups in total. The molecule has 1 heterocycles. The summed E-state index contributed by atoms with van der Waals surface area (Å²) in [6.45, 7) is 3.13. The molecule has 1 aromatic carbocycles. The number of piperidine rings is 1.